The van der Waals surface area contributed by atoms with Crippen LogP contribution in [0.1, 0.15) is 0 Å². The zero-order valence-corrected chi connectivity index (χ0v) is 28.0. The molecule has 4 heterocycles. The van der Waals surface area contributed by atoms with Gasteiger partial charge in [0, 0.05) is 49.1 Å². The molecule has 0 aliphatic rings. The Kier molecular flexibility index (Phi) is 5.47. The van der Waals surface area contributed by atoms with E-state index in [9.17, 15) is 0 Å². The Bertz CT molecular complexity index is 3390. The third-order valence-corrected chi connectivity index (χ3v) is 11.0. The molecule has 8 aromatic carbocycles. The zero-order valence-electron chi connectivity index (χ0n) is 28.0. The number of hydrogen-bond acceptors (Lipinski definition) is 2. The number of hydrogen-bond donors (Lipinski definition) is 0. The number of aromatic nitrogens is 4. The van der Waals surface area contributed by atoms with Gasteiger partial charge in [0.05, 0.1) is 50.0 Å². The van der Waals surface area contributed by atoms with Gasteiger partial charge in [0.2, 0.25) is 0 Å². The summed E-state index contributed by atoms with van der Waals surface area (Å²) in [6, 6.07) is 61.0. The van der Waals surface area contributed by atoms with Crippen molar-refractivity contribution in [3.05, 3.63) is 170 Å². The van der Waals surface area contributed by atoms with Crippen molar-refractivity contribution in [2.45, 2.75) is 0 Å². The number of benzene rings is 8. The van der Waals surface area contributed by atoms with Gasteiger partial charge in [0.25, 0.3) is 0 Å². The topological polar surface area (TPSA) is 35.1 Å². The van der Waals surface area contributed by atoms with Crippen LogP contribution in [0.15, 0.2) is 170 Å². The molecule has 52 heavy (non-hydrogen) atoms. The van der Waals surface area contributed by atoms with Crippen LogP contribution >= 0.6 is 0 Å². The molecule has 12 aromatic rings. The third kappa shape index (κ3) is 3.70. The molecule has 4 aromatic heterocycles. The molecule has 0 atom stereocenters. The van der Waals surface area contributed by atoms with Gasteiger partial charge in [-0.25, -0.2) is 9.97 Å². The molecule has 0 radical (unpaired) electrons. The molecule has 0 unspecified atom stereocenters. The summed E-state index contributed by atoms with van der Waals surface area (Å²) in [4.78, 5) is 10.3. The van der Waals surface area contributed by atoms with E-state index in [1.54, 1.807) is 0 Å². The molecule has 0 N–H and O–H groups in total. The van der Waals surface area contributed by atoms with Crippen molar-refractivity contribution in [2.75, 3.05) is 0 Å². The maximum absolute atomic E-state index is 5.18. The normalized spacial score (nSPS) is 12.2. The summed E-state index contributed by atoms with van der Waals surface area (Å²) in [6.45, 7) is 0. The monoisotopic (exact) mass is 660 g/mol. The van der Waals surface area contributed by atoms with Crippen LogP contribution in [0.5, 0.6) is 0 Å². The Hall–Kier alpha value is -7.04. The van der Waals surface area contributed by atoms with Crippen molar-refractivity contribution in [1.29, 1.82) is 0 Å². The molecule has 0 aliphatic heterocycles. The number of nitrogens with zero attached hydrogens (tertiary/aromatic N) is 4. The van der Waals surface area contributed by atoms with E-state index in [1.165, 1.54) is 70.7 Å². The van der Waals surface area contributed by atoms with Gasteiger partial charge < -0.3 is 8.97 Å². The van der Waals surface area contributed by atoms with Gasteiger partial charge in [-0.3, -0.25) is 0 Å². The molecule has 240 valence electrons. The summed E-state index contributed by atoms with van der Waals surface area (Å²) in [5, 5.41) is 10.2. The molecule has 4 heteroatoms. The quantitative estimate of drug-likeness (QED) is 0.189. The summed E-state index contributed by atoms with van der Waals surface area (Å²) in [6.07, 6.45) is 0. The first-order valence-electron chi connectivity index (χ1n) is 17.8. The van der Waals surface area contributed by atoms with Gasteiger partial charge in [0.15, 0.2) is 0 Å². The largest absolute Gasteiger partial charge is 0.309 e. The molecule has 0 bridgehead atoms. The predicted octanol–water partition coefficient (Wildman–Crippen LogP) is 12.4. The van der Waals surface area contributed by atoms with E-state index in [-0.39, 0.29) is 0 Å². The van der Waals surface area contributed by atoms with Gasteiger partial charge in [-0.1, -0.05) is 115 Å². The van der Waals surface area contributed by atoms with Crippen LogP contribution in [-0.2, 0) is 0 Å². The van der Waals surface area contributed by atoms with Crippen LogP contribution in [0.2, 0.25) is 0 Å². The summed E-state index contributed by atoms with van der Waals surface area (Å²) < 4.78 is 4.94. The standard InChI is InChI=1S/C48H28N4/c1-2-12-29(13-3-1)46-47(50-39-19-9-8-18-38(39)49-46)30-22-24-33(25-23-30)51-42-27-32-15-5-4-14-31(32)26-37(42)44-43(51)28-36-34-16-6-10-20-40(34)52-41-21-11-7-17-35(41)45(44)48(36)52/h1-28H. The first-order chi connectivity index (χ1) is 25.8. The molecule has 0 amide bonds. The van der Waals surface area contributed by atoms with Crippen molar-refractivity contribution in [3.63, 3.8) is 0 Å². The highest BCUT2D eigenvalue weighted by Crippen LogP contribution is 2.47. The first-order valence-corrected chi connectivity index (χ1v) is 17.8. The number of fused-ring (bicyclic) bond motifs is 12. The molecular formula is C48H28N4. The van der Waals surface area contributed by atoms with Crippen molar-refractivity contribution >= 4 is 81.7 Å². The minimum Gasteiger partial charge on any atom is -0.309 e. The Morgan fingerprint density at radius 2 is 0.942 bits per heavy atom. The molecular weight excluding hydrogens is 633 g/mol. The van der Waals surface area contributed by atoms with E-state index in [0.29, 0.717) is 0 Å². The van der Waals surface area contributed by atoms with Crippen molar-refractivity contribution in [1.82, 2.24) is 18.9 Å². The summed E-state index contributed by atoms with van der Waals surface area (Å²) in [7, 11) is 0. The minimum atomic E-state index is 0.879. The molecule has 0 fully saturated rings. The van der Waals surface area contributed by atoms with Gasteiger partial charge in [-0.05, 0) is 65.4 Å². The van der Waals surface area contributed by atoms with Gasteiger partial charge in [-0.15, -0.1) is 0 Å². The van der Waals surface area contributed by atoms with Crippen LogP contribution in [0.3, 0.4) is 0 Å². The van der Waals surface area contributed by atoms with Crippen molar-refractivity contribution in [3.8, 4) is 28.2 Å². The fourth-order valence-corrected chi connectivity index (χ4v) is 8.74. The second kappa shape index (κ2) is 10.3. The van der Waals surface area contributed by atoms with Crippen LogP contribution < -0.4 is 0 Å². The highest BCUT2D eigenvalue weighted by Gasteiger charge is 2.24. The minimum absolute atomic E-state index is 0.879. The van der Waals surface area contributed by atoms with E-state index < -0.39 is 0 Å². The highest BCUT2D eigenvalue weighted by molar-refractivity contribution is 6.36. The van der Waals surface area contributed by atoms with E-state index in [0.717, 1.165) is 39.2 Å². The van der Waals surface area contributed by atoms with E-state index in [4.69, 9.17) is 9.97 Å². The maximum Gasteiger partial charge on any atom is 0.0973 e. The maximum atomic E-state index is 5.18. The van der Waals surface area contributed by atoms with Crippen molar-refractivity contribution in [2.24, 2.45) is 0 Å². The van der Waals surface area contributed by atoms with Gasteiger partial charge in [0.1, 0.15) is 0 Å². The van der Waals surface area contributed by atoms with Crippen LogP contribution in [0.25, 0.3) is 110 Å². The van der Waals surface area contributed by atoms with Crippen LogP contribution in [0.4, 0.5) is 0 Å². The fraction of sp³-hybridized carbons (Fsp3) is 0. The molecule has 4 nitrogen and oxygen atoms in total. The van der Waals surface area contributed by atoms with Gasteiger partial charge in [-0.2, -0.15) is 0 Å². The Morgan fingerprint density at radius 3 is 1.67 bits per heavy atom. The third-order valence-electron chi connectivity index (χ3n) is 11.0. The lowest BCUT2D eigenvalue weighted by atomic mass is 10.0. The highest BCUT2D eigenvalue weighted by atomic mass is 15.0. The zero-order chi connectivity index (χ0) is 33.9. The summed E-state index contributed by atoms with van der Waals surface area (Å²) in [5.41, 5.74) is 12.9. The average Bonchev–Trinajstić information content (AvgIpc) is 3.84. The van der Waals surface area contributed by atoms with Gasteiger partial charge >= 0.3 is 0 Å². The number of para-hydroxylation sites is 4. The second-order valence-electron chi connectivity index (χ2n) is 13.8. The summed E-state index contributed by atoms with van der Waals surface area (Å²) in [5.74, 6) is 0. The predicted molar refractivity (Wildman–Crippen MR) is 217 cm³/mol. The molecule has 0 aliphatic carbocycles. The second-order valence-corrected chi connectivity index (χ2v) is 13.8. The Labute approximate surface area is 297 Å². The fourth-order valence-electron chi connectivity index (χ4n) is 8.74. The van der Waals surface area contributed by atoms with Crippen molar-refractivity contribution < 1.29 is 0 Å². The average molecular weight is 661 g/mol. The van der Waals surface area contributed by atoms with E-state index >= 15 is 0 Å². The smallest absolute Gasteiger partial charge is 0.0973 e. The Morgan fingerprint density at radius 1 is 0.365 bits per heavy atom. The lowest BCUT2D eigenvalue weighted by Crippen LogP contribution is -1.97. The molecule has 0 spiro atoms. The first kappa shape index (κ1) is 27.7. The molecule has 0 saturated carbocycles. The molecule has 0 saturated heterocycles. The van der Waals surface area contributed by atoms with E-state index in [1.807, 2.05) is 30.3 Å². The lowest BCUT2D eigenvalue weighted by Gasteiger charge is -2.13. The van der Waals surface area contributed by atoms with E-state index in [2.05, 4.69) is 148 Å². The summed E-state index contributed by atoms with van der Waals surface area (Å²) >= 11 is 0. The Balaban J connectivity index is 1.18. The van der Waals surface area contributed by atoms with Crippen LogP contribution in [-0.4, -0.2) is 18.9 Å². The van der Waals surface area contributed by atoms with Crippen LogP contribution in [0, 0.1) is 0 Å². The lowest BCUT2D eigenvalue weighted by molar-refractivity contribution is 1.18. The molecule has 12 rings (SSSR count). The number of rotatable bonds is 3. The SMILES string of the molecule is c1ccc(-c2nc3ccccc3nc2-c2ccc(-n3c4cc5ccccc5cc4c4c5c6ccccc6n6c7ccccc7c(cc43)c56)cc2)cc1.